The van der Waals surface area contributed by atoms with E-state index in [2.05, 4.69) is 73.6 Å². The summed E-state index contributed by atoms with van der Waals surface area (Å²) in [6.07, 6.45) is 8.15. The first kappa shape index (κ1) is 30.0. The van der Waals surface area contributed by atoms with Crippen molar-refractivity contribution in [1.82, 2.24) is 9.91 Å². The van der Waals surface area contributed by atoms with Crippen LogP contribution in [0.25, 0.3) is 5.70 Å². The Labute approximate surface area is 203 Å². The second kappa shape index (κ2) is 17.6. The molecule has 0 atom stereocenters. The molecule has 3 rings (SSSR count). The van der Waals surface area contributed by atoms with Crippen LogP contribution in [0.15, 0.2) is 76.8 Å². The number of nitrogens with zero attached hydrogens (tertiary/aromatic N) is 5. The highest BCUT2D eigenvalue weighted by atomic mass is 15.5. The van der Waals surface area contributed by atoms with Gasteiger partial charge >= 0.3 is 0 Å². The molecule has 0 bridgehead atoms. The molecule has 182 valence electrons. The van der Waals surface area contributed by atoms with E-state index in [0.29, 0.717) is 5.92 Å². The lowest BCUT2D eigenvalue weighted by molar-refractivity contribution is 0.367. The van der Waals surface area contributed by atoms with Gasteiger partial charge in [0, 0.05) is 34.6 Å². The SMILES string of the molecule is C=C.C=C(c1ccccc1)N1CC=C(C2CCC2)C(CCC(=NC)N(C)C)=N1.C=NC.CC. The molecular formula is C28H45N5. The van der Waals surface area contributed by atoms with E-state index in [4.69, 9.17) is 5.10 Å². The molecule has 0 N–H and O–H groups in total. The van der Waals surface area contributed by atoms with Crippen molar-refractivity contribution in [3.8, 4) is 0 Å². The molecule has 1 saturated carbocycles. The molecule has 0 unspecified atom stereocenters. The summed E-state index contributed by atoms with van der Waals surface area (Å²) in [6.45, 7) is 18.2. The number of aliphatic imine (C=N–C) groups is 2. The van der Waals surface area contributed by atoms with Crippen molar-refractivity contribution in [2.24, 2.45) is 21.0 Å². The minimum atomic E-state index is 0.697. The zero-order valence-electron chi connectivity index (χ0n) is 21.8. The fraction of sp³-hybridized carbons (Fsp3) is 0.464. The molecule has 1 aromatic carbocycles. The molecule has 1 fully saturated rings. The van der Waals surface area contributed by atoms with Crippen LogP contribution >= 0.6 is 0 Å². The van der Waals surface area contributed by atoms with Crippen LogP contribution < -0.4 is 0 Å². The molecule has 0 radical (unpaired) electrons. The molecule has 5 nitrogen and oxygen atoms in total. The fourth-order valence-corrected chi connectivity index (χ4v) is 3.58. The highest BCUT2D eigenvalue weighted by Gasteiger charge is 2.28. The van der Waals surface area contributed by atoms with Gasteiger partial charge in [-0.05, 0) is 43.0 Å². The Balaban J connectivity index is 0.00000132. The van der Waals surface area contributed by atoms with Gasteiger partial charge in [0.05, 0.1) is 23.8 Å². The van der Waals surface area contributed by atoms with Crippen molar-refractivity contribution < 1.29 is 0 Å². The molecular weight excluding hydrogens is 406 g/mol. The summed E-state index contributed by atoms with van der Waals surface area (Å²) >= 11 is 0. The highest BCUT2D eigenvalue weighted by Crippen LogP contribution is 2.36. The average Bonchev–Trinajstić information content (AvgIpc) is 2.82. The fourth-order valence-electron chi connectivity index (χ4n) is 3.58. The van der Waals surface area contributed by atoms with Gasteiger partial charge in [0.1, 0.15) is 0 Å². The maximum absolute atomic E-state index is 5.02. The molecule has 0 amide bonds. The van der Waals surface area contributed by atoms with E-state index in [9.17, 15) is 0 Å². The molecule has 1 heterocycles. The molecule has 1 aliphatic carbocycles. The Morgan fingerprint density at radius 3 is 2.15 bits per heavy atom. The largest absolute Gasteiger partial charge is 0.366 e. The first-order chi connectivity index (χ1) is 16.0. The number of amidine groups is 1. The Kier molecular flexibility index (Phi) is 16.0. The van der Waals surface area contributed by atoms with Crippen LogP contribution in [0.2, 0.25) is 0 Å². The summed E-state index contributed by atoms with van der Waals surface area (Å²) in [5, 5.41) is 7.06. The van der Waals surface area contributed by atoms with Crippen LogP contribution in [0.5, 0.6) is 0 Å². The molecule has 0 aromatic heterocycles. The van der Waals surface area contributed by atoms with Gasteiger partial charge in [-0.15, -0.1) is 13.2 Å². The Hall–Kier alpha value is -2.95. The summed E-state index contributed by atoms with van der Waals surface area (Å²) in [5.41, 5.74) is 4.76. The highest BCUT2D eigenvalue weighted by molar-refractivity contribution is 6.03. The number of rotatable bonds is 6. The van der Waals surface area contributed by atoms with Gasteiger partial charge in [-0.3, -0.25) is 10.0 Å². The molecule has 5 heteroatoms. The minimum Gasteiger partial charge on any atom is -0.366 e. The molecule has 1 aliphatic heterocycles. The Bertz CT molecular complexity index is 786. The first-order valence-corrected chi connectivity index (χ1v) is 11.8. The van der Waals surface area contributed by atoms with Gasteiger partial charge in [0.25, 0.3) is 0 Å². The van der Waals surface area contributed by atoms with Crippen molar-refractivity contribution in [3.05, 3.63) is 67.3 Å². The van der Waals surface area contributed by atoms with Crippen molar-refractivity contribution >= 4 is 24.0 Å². The summed E-state index contributed by atoms with van der Waals surface area (Å²) in [7, 11) is 7.61. The van der Waals surface area contributed by atoms with E-state index in [1.54, 1.807) is 7.05 Å². The first-order valence-electron chi connectivity index (χ1n) is 11.8. The van der Waals surface area contributed by atoms with Gasteiger partial charge in [-0.1, -0.05) is 63.3 Å². The van der Waals surface area contributed by atoms with E-state index >= 15 is 0 Å². The topological polar surface area (TPSA) is 43.6 Å². The smallest absolute Gasteiger partial charge is 0.0984 e. The number of allylic oxidation sites excluding steroid dienone is 1. The monoisotopic (exact) mass is 451 g/mol. The van der Waals surface area contributed by atoms with E-state index in [1.165, 1.54) is 30.5 Å². The molecule has 33 heavy (non-hydrogen) atoms. The van der Waals surface area contributed by atoms with Crippen molar-refractivity contribution in [3.63, 3.8) is 0 Å². The number of hydrogen-bond donors (Lipinski definition) is 0. The van der Waals surface area contributed by atoms with Crippen LogP contribution in [0.3, 0.4) is 0 Å². The second-order valence-electron chi connectivity index (χ2n) is 7.58. The number of benzene rings is 1. The van der Waals surface area contributed by atoms with Crippen LogP contribution in [0, 0.1) is 5.92 Å². The van der Waals surface area contributed by atoms with Crippen molar-refractivity contribution in [1.29, 1.82) is 0 Å². The zero-order chi connectivity index (χ0) is 25.2. The lowest BCUT2D eigenvalue weighted by Crippen LogP contribution is -2.30. The van der Waals surface area contributed by atoms with Crippen molar-refractivity contribution in [2.75, 3.05) is 34.7 Å². The minimum absolute atomic E-state index is 0.697. The third-order valence-corrected chi connectivity index (χ3v) is 5.38. The van der Waals surface area contributed by atoms with Crippen molar-refractivity contribution in [2.45, 2.75) is 46.0 Å². The second-order valence-corrected chi connectivity index (χ2v) is 7.58. The third-order valence-electron chi connectivity index (χ3n) is 5.38. The predicted octanol–water partition coefficient (Wildman–Crippen LogP) is 6.57. The summed E-state index contributed by atoms with van der Waals surface area (Å²) < 4.78 is 0. The summed E-state index contributed by atoms with van der Waals surface area (Å²) in [5.74, 6) is 1.81. The number of hydrazone groups is 1. The van der Waals surface area contributed by atoms with Gasteiger partial charge in [-0.25, -0.2) is 0 Å². The van der Waals surface area contributed by atoms with Gasteiger partial charge < -0.3 is 9.89 Å². The zero-order valence-corrected chi connectivity index (χ0v) is 21.8. The van der Waals surface area contributed by atoms with E-state index in [-0.39, 0.29) is 0 Å². The predicted molar refractivity (Wildman–Crippen MR) is 149 cm³/mol. The normalized spacial score (nSPS) is 15.0. The lowest BCUT2D eigenvalue weighted by atomic mass is 9.76. The van der Waals surface area contributed by atoms with Crippen LogP contribution in [0.1, 0.15) is 51.5 Å². The quantitative estimate of drug-likeness (QED) is 0.279. The van der Waals surface area contributed by atoms with E-state index in [0.717, 1.165) is 36.5 Å². The molecule has 0 saturated heterocycles. The van der Waals surface area contributed by atoms with Crippen LogP contribution in [0.4, 0.5) is 0 Å². The maximum atomic E-state index is 5.02. The maximum Gasteiger partial charge on any atom is 0.0984 e. The van der Waals surface area contributed by atoms with Gasteiger partial charge in [0.2, 0.25) is 0 Å². The molecule has 2 aliphatic rings. The van der Waals surface area contributed by atoms with Crippen LogP contribution in [-0.4, -0.2) is 62.9 Å². The average molecular weight is 452 g/mol. The standard InChI is InChI=1S/C22H30N4.C2H5N.C2H6.C2H4/c1-17(18-9-6-5-7-10-18)26-16-15-20(19-11-8-12-19)21(24-26)13-14-22(23-2)25(3)4;1-3-2;2*1-2/h5-7,9-10,15,19H,1,8,11-14,16H2,2-4H3;1H2,2H3;1-2H3;1-2H2. The lowest BCUT2D eigenvalue weighted by Gasteiger charge is -2.34. The molecule has 0 spiro atoms. The van der Waals surface area contributed by atoms with Gasteiger partial charge in [0.15, 0.2) is 0 Å². The summed E-state index contributed by atoms with van der Waals surface area (Å²) in [4.78, 5) is 9.76. The van der Waals surface area contributed by atoms with Gasteiger partial charge in [-0.2, -0.15) is 5.10 Å². The number of hydrogen-bond acceptors (Lipinski definition) is 4. The van der Waals surface area contributed by atoms with E-state index < -0.39 is 0 Å². The Morgan fingerprint density at radius 1 is 1.12 bits per heavy atom. The Morgan fingerprint density at radius 2 is 1.70 bits per heavy atom. The van der Waals surface area contributed by atoms with Crippen LogP contribution in [-0.2, 0) is 0 Å². The van der Waals surface area contributed by atoms with E-state index in [1.807, 2.05) is 44.1 Å². The summed E-state index contributed by atoms with van der Waals surface area (Å²) in [6, 6.07) is 10.3. The molecule has 1 aromatic rings. The third kappa shape index (κ3) is 9.60.